The Kier molecular flexibility index (Phi) is 6.67. The molecular weight excluding hydrogens is 450 g/mol. The summed E-state index contributed by atoms with van der Waals surface area (Å²) in [7, 11) is 4.61. The predicted octanol–water partition coefficient (Wildman–Crippen LogP) is 1.54. The number of fused-ring (bicyclic) bond motifs is 2. The van der Waals surface area contributed by atoms with Crippen LogP contribution in [0.1, 0.15) is 36.8 Å². The Morgan fingerprint density at radius 3 is 2.62 bits per heavy atom. The van der Waals surface area contributed by atoms with Crippen molar-refractivity contribution in [3.63, 3.8) is 0 Å². The summed E-state index contributed by atoms with van der Waals surface area (Å²) in [4.78, 5) is 14.8. The molecule has 0 saturated carbocycles. The predicted molar refractivity (Wildman–Crippen MR) is 110 cm³/mol. The first-order valence-electron chi connectivity index (χ1n) is 9.80. The Balaban J connectivity index is 0.00000240. The quantitative estimate of drug-likeness (QED) is 0.630. The highest BCUT2D eigenvalue weighted by atomic mass is 79.9. The van der Waals surface area contributed by atoms with Crippen molar-refractivity contribution in [1.82, 2.24) is 0 Å². The van der Waals surface area contributed by atoms with Crippen LogP contribution in [0.15, 0.2) is 41.1 Å². The van der Waals surface area contributed by atoms with Crippen LogP contribution in [0.3, 0.4) is 0 Å². The normalized spacial score (nSPS) is 24.2. The highest BCUT2D eigenvalue weighted by molar-refractivity contribution is 7.08. The fourth-order valence-corrected chi connectivity index (χ4v) is 5.37. The molecular formula is C22H26BrN3O2S. The van der Waals surface area contributed by atoms with Crippen molar-refractivity contribution in [2.45, 2.75) is 50.4 Å². The molecule has 2 saturated heterocycles. The number of nitrogens with zero attached hydrogens (tertiary/aromatic N) is 3. The molecule has 29 heavy (non-hydrogen) atoms. The number of hydrogen-bond acceptors (Lipinski definition) is 4. The largest absolute Gasteiger partial charge is 1.00 e. The zero-order chi connectivity index (χ0) is 19.7. The SMILES string of the molecule is C[N+]1(C)[C@@H]2CC[C@H]1CC(OC(=O)N(Cc1cccc(C#N)c1)c1ccsc1)C2.[Br-]. The third-order valence-electron chi connectivity index (χ3n) is 6.49. The van der Waals surface area contributed by atoms with Crippen molar-refractivity contribution in [1.29, 1.82) is 5.26 Å². The molecule has 0 aliphatic carbocycles. The number of benzene rings is 1. The molecule has 3 heterocycles. The van der Waals surface area contributed by atoms with E-state index in [1.807, 2.05) is 35.0 Å². The fourth-order valence-electron chi connectivity index (χ4n) is 4.73. The van der Waals surface area contributed by atoms with Crippen LogP contribution in [0.2, 0.25) is 0 Å². The molecule has 2 aliphatic rings. The number of amides is 1. The van der Waals surface area contributed by atoms with E-state index in [1.165, 1.54) is 12.8 Å². The van der Waals surface area contributed by atoms with Gasteiger partial charge in [0.15, 0.2) is 0 Å². The molecule has 0 radical (unpaired) electrons. The molecule has 0 spiro atoms. The zero-order valence-electron chi connectivity index (χ0n) is 16.8. The van der Waals surface area contributed by atoms with Gasteiger partial charge in [0.05, 0.1) is 50.0 Å². The maximum absolute atomic E-state index is 13.1. The van der Waals surface area contributed by atoms with Crippen molar-refractivity contribution in [2.75, 3.05) is 19.0 Å². The molecule has 4 rings (SSSR count). The van der Waals surface area contributed by atoms with Gasteiger partial charge in [-0.15, -0.1) is 0 Å². The summed E-state index contributed by atoms with van der Waals surface area (Å²) >= 11 is 1.56. The van der Waals surface area contributed by atoms with Gasteiger partial charge in [-0.1, -0.05) is 12.1 Å². The van der Waals surface area contributed by atoms with E-state index in [1.54, 1.807) is 22.3 Å². The Hall–Kier alpha value is -1.88. The molecule has 154 valence electrons. The Morgan fingerprint density at radius 1 is 1.28 bits per heavy atom. The van der Waals surface area contributed by atoms with Gasteiger partial charge in [-0.25, -0.2) is 4.79 Å². The highest BCUT2D eigenvalue weighted by Crippen LogP contribution is 2.40. The van der Waals surface area contributed by atoms with E-state index in [4.69, 9.17) is 10.00 Å². The van der Waals surface area contributed by atoms with Crippen molar-refractivity contribution >= 4 is 23.1 Å². The van der Waals surface area contributed by atoms with Crippen LogP contribution in [0.5, 0.6) is 0 Å². The molecule has 1 unspecified atom stereocenters. The van der Waals surface area contributed by atoms with Gasteiger partial charge in [0, 0.05) is 31.1 Å². The molecule has 1 aromatic heterocycles. The molecule has 2 aromatic rings. The minimum Gasteiger partial charge on any atom is -1.00 e. The molecule has 3 atom stereocenters. The molecule has 0 N–H and O–H groups in total. The molecule has 2 bridgehead atoms. The van der Waals surface area contributed by atoms with E-state index in [2.05, 4.69) is 20.2 Å². The number of quaternary nitrogens is 1. The van der Waals surface area contributed by atoms with Gasteiger partial charge in [-0.3, -0.25) is 4.90 Å². The lowest BCUT2D eigenvalue weighted by molar-refractivity contribution is -0.931. The summed E-state index contributed by atoms with van der Waals surface area (Å²) in [6.07, 6.45) is 4.02. The summed E-state index contributed by atoms with van der Waals surface area (Å²) in [5.41, 5.74) is 2.36. The van der Waals surface area contributed by atoms with Crippen LogP contribution < -0.4 is 21.9 Å². The Morgan fingerprint density at radius 2 is 2.00 bits per heavy atom. The van der Waals surface area contributed by atoms with Crippen LogP contribution in [0.25, 0.3) is 0 Å². The smallest absolute Gasteiger partial charge is 0.414 e. The number of nitriles is 1. The maximum Gasteiger partial charge on any atom is 0.414 e. The topological polar surface area (TPSA) is 53.3 Å². The van der Waals surface area contributed by atoms with E-state index in [9.17, 15) is 4.79 Å². The lowest BCUT2D eigenvalue weighted by Gasteiger charge is -2.44. The van der Waals surface area contributed by atoms with E-state index in [0.29, 0.717) is 24.2 Å². The number of piperidine rings is 1. The zero-order valence-corrected chi connectivity index (χ0v) is 19.2. The summed E-state index contributed by atoms with van der Waals surface area (Å²) < 4.78 is 7.06. The Labute approximate surface area is 186 Å². The first kappa shape index (κ1) is 21.8. The molecule has 1 aromatic carbocycles. The second kappa shape index (κ2) is 8.86. The standard InChI is InChI=1S/C22H26N3O2S.BrH/c1-25(2)19-6-7-20(25)12-21(11-19)27-22(26)24(18-8-9-28-15-18)14-17-5-3-4-16(10-17)13-23;/h3-5,8-10,15,19-21H,6-7,11-12,14H2,1-2H3;1H/q+1;/p-1/t19-,20+,21?;. The van der Waals surface area contributed by atoms with Crippen molar-refractivity contribution in [2.24, 2.45) is 0 Å². The summed E-state index contributed by atoms with van der Waals surface area (Å²) in [6.45, 7) is 0.395. The van der Waals surface area contributed by atoms with E-state index >= 15 is 0 Å². The number of carbonyl (C=O) groups excluding carboxylic acids is 1. The van der Waals surface area contributed by atoms with Gasteiger partial charge < -0.3 is 26.2 Å². The minimum atomic E-state index is -0.294. The number of halogens is 1. The van der Waals surface area contributed by atoms with E-state index < -0.39 is 0 Å². The first-order valence-corrected chi connectivity index (χ1v) is 10.7. The number of hydrogen-bond donors (Lipinski definition) is 0. The molecule has 2 fully saturated rings. The lowest BCUT2D eigenvalue weighted by atomic mass is 9.98. The maximum atomic E-state index is 13.1. The number of rotatable bonds is 4. The third-order valence-corrected chi connectivity index (χ3v) is 7.16. The van der Waals surface area contributed by atoms with Gasteiger partial charge in [-0.05, 0) is 29.1 Å². The van der Waals surface area contributed by atoms with Crippen LogP contribution in [0, 0.1) is 11.3 Å². The number of anilines is 1. The molecule has 2 aliphatic heterocycles. The average molecular weight is 476 g/mol. The monoisotopic (exact) mass is 475 g/mol. The van der Waals surface area contributed by atoms with Gasteiger partial charge in [0.2, 0.25) is 0 Å². The second-order valence-electron chi connectivity index (χ2n) is 8.37. The number of carbonyl (C=O) groups is 1. The van der Waals surface area contributed by atoms with Gasteiger partial charge in [-0.2, -0.15) is 16.6 Å². The highest BCUT2D eigenvalue weighted by Gasteiger charge is 2.50. The molecule has 7 heteroatoms. The van der Waals surface area contributed by atoms with Crippen LogP contribution in [-0.2, 0) is 11.3 Å². The third kappa shape index (κ3) is 4.50. The van der Waals surface area contributed by atoms with Crippen LogP contribution in [0.4, 0.5) is 10.5 Å². The Bertz CT molecular complexity index is 878. The summed E-state index contributed by atoms with van der Waals surface area (Å²) in [6, 6.07) is 12.6. The van der Waals surface area contributed by atoms with Crippen molar-refractivity contribution < 1.29 is 31.0 Å². The number of thiophene rings is 1. The summed E-state index contributed by atoms with van der Waals surface area (Å²) in [5.74, 6) is 0. The summed E-state index contributed by atoms with van der Waals surface area (Å²) in [5, 5.41) is 13.1. The van der Waals surface area contributed by atoms with E-state index in [0.717, 1.165) is 28.6 Å². The van der Waals surface area contributed by atoms with Crippen molar-refractivity contribution in [3.8, 4) is 6.07 Å². The minimum absolute atomic E-state index is 0. The average Bonchev–Trinajstić information content (AvgIpc) is 3.23. The fraction of sp³-hybridized carbons (Fsp3) is 0.455. The second-order valence-corrected chi connectivity index (χ2v) is 9.15. The van der Waals surface area contributed by atoms with Crippen LogP contribution >= 0.6 is 11.3 Å². The lowest BCUT2D eigenvalue weighted by Crippen LogP contribution is -3.00. The van der Waals surface area contributed by atoms with Gasteiger partial charge in [0.1, 0.15) is 6.10 Å². The van der Waals surface area contributed by atoms with Gasteiger partial charge >= 0.3 is 6.09 Å². The molecule has 1 amide bonds. The molecule has 5 nitrogen and oxygen atoms in total. The van der Waals surface area contributed by atoms with Crippen LogP contribution in [-0.4, -0.2) is 42.9 Å². The van der Waals surface area contributed by atoms with Crippen molar-refractivity contribution in [3.05, 3.63) is 52.2 Å². The number of ether oxygens (including phenoxy) is 1. The van der Waals surface area contributed by atoms with Gasteiger partial charge in [0.25, 0.3) is 0 Å². The first-order chi connectivity index (χ1) is 13.5. The van der Waals surface area contributed by atoms with E-state index in [-0.39, 0.29) is 29.2 Å².